The van der Waals surface area contributed by atoms with Crippen molar-refractivity contribution in [2.45, 2.75) is 6.42 Å². The second kappa shape index (κ2) is 6.34. The number of ether oxygens (including phenoxy) is 2. The van der Waals surface area contributed by atoms with Gasteiger partial charge in [-0.25, -0.2) is 0 Å². The van der Waals surface area contributed by atoms with Crippen LogP contribution in [0.5, 0.6) is 11.5 Å². The average molecular weight is 303 g/mol. The quantitative estimate of drug-likeness (QED) is 0.909. The number of aromatic nitrogens is 1. The van der Waals surface area contributed by atoms with Crippen LogP contribution in [0.3, 0.4) is 0 Å². The van der Waals surface area contributed by atoms with Crippen LogP contribution in [-0.2, 0) is 18.3 Å². The molecule has 0 fully saturated rings. The van der Waals surface area contributed by atoms with Crippen LogP contribution in [0.25, 0.3) is 11.3 Å². The molecule has 0 aliphatic heterocycles. The molecule has 0 saturated heterocycles. The van der Waals surface area contributed by atoms with E-state index >= 15 is 0 Å². The summed E-state index contributed by atoms with van der Waals surface area (Å²) in [6, 6.07) is 8.60. The first-order chi connectivity index (χ1) is 10.5. The van der Waals surface area contributed by atoms with Crippen molar-refractivity contribution in [3.8, 4) is 22.8 Å². The molecule has 2 rings (SSSR count). The van der Waals surface area contributed by atoms with E-state index < -0.39 is 5.97 Å². The average Bonchev–Trinajstić information content (AvgIpc) is 2.51. The first kappa shape index (κ1) is 15.6. The van der Waals surface area contributed by atoms with E-state index in [4.69, 9.17) is 14.6 Å². The molecule has 6 nitrogen and oxygen atoms in total. The lowest BCUT2D eigenvalue weighted by Crippen LogP contribution is -2.24. The summed E-state index contributed by atoms with van der Waals surface area (Å²) in [5, 5.41) is 8.82. The second-order valence-corrected chi connectivity index (χ2v) is 4.75. The van der Waals surface area contributed by atoms with Gasteiger partial charge in [0.05, 0.1) is 26.3 Å². The number of carboxylic acid groups (broad SMARTS) is 1. The monoisotopic (exact) mass is 303 g/mol. The molecule has 0 saturated carbocycles. The molecule has 0 amide bonds. The highest BCUT2D eigenvalue weighted by atomic mass is 16.5. The van der Waals surface area contributed by atoms with Gasteiger partial charge in [-0.1, -0.05) is 6.07 Å². The third kappa shape index (κ3) is 2.95. The van der Waals surface area contributed by atoms with Crippen molar-refractivity contribution >= 4 is 5.97 Å². The molecule has 116 valence electrons. The van der Waals surface area contributed by atoms with Crippen molar-refractivity contribution in [1.82, 2.24) is 4.57 Å². The van der Waals surface area contributed by atoms with Crippen LogP contribution in [0.2, 0.25) is 0 Å². The van der Waals surface area contributed by atoms with Crippen LogP contribution in [0.15, 0.2) is 35.1 Å². The number of aliphatic carboxylic acids is 1. The molecule has 1 heterocycles. The molecule has 22 heavy (non-hydrogen) atoms. The van der Waals surface area contributed by atoms with E-state index in [0.29, 0.717) is 17.2 Å². The van der Waals surface area contributed by atoms with Gasteiger partial charge in [0.2, 0.25) is 0 Å². The molecule has 0 bridgehead atoms. The predicted octanol–water partition coefficient (Wildman–Crippen LogP) is 1.70. The number of benzene rings is 1. The summed E-state index contributed by atoms with van der Waals surface area (Å²) in [5.41, 5.74) is 1.37. The smallest absolute Gasteiger partial charge is 0.308 e. The fourth-order valence-corrected chi connectivity index (χ4v) is 2.27. The maximum atomic E-state index is 12.2. The minimum atomic E-state index is -1.03. The van der Waals surface area contributed by atoms with Gasteiger partial charge in [-0.05, 0) is 24.3 Å². The van der Waals surface area contributed by atoms with Gasteiger partial charge in [0.25, 0.3) is 5.56 Å². The third-order valence-corrected chi connectivity index (χ3v) is 3.40. The molecule has 6 heteroatoms. The Kier molecular flexibility index (Phi) is 4.50. The van der Waals surface area contributed by atoms with Crippen LogP contribution in [0.4, 0.5) is 0 Å². The lowest BCUT2D eigenvalue weighted by atomic mass is 10.1. The zero-order valence-electron chi connectivity index (χ0n) is 12.6. The van der Waals surface area contributed by atoms with Gasteiger partial charge >= 0.3 is 5.97 Å². The maximum Gasteiger partial charge on any atom is 0.308 e. The van der Waals surface area contributed by atoms with Crippen LogP contribution < -0.4 is 15.0 Å². The number of carbonyl (C=O) groups is 1. The lowest BCUT2D eigenvalue weighted by molar-refractivity contribution is -0.136. The van der Waals surface area contributed by atoms with Crippen molar-refractivity contribution in [3.63, 3.8) is 0 Å². The molecule has 0 spiro atoms. The summed E-state index contributed by atoms with van der Waals surface area (Å²) in [6.45, 7) is 0. The van der Waals surface area contributed by atoms with E-state index in [-0.39, 0.29) is 17.5 Å². The highest BCUT2D eigenvalue weighted by molar-refractivity contribution is 5.70. The van der Waals surface area contributed by atoms with Crippen LogP contribution in [0, 0.1) is 0 Å². The number of rotatable bonds is 5. The van der Waals surface area contributed by atoms with Crippen LogP contribution >= 0.6 is 0 Å². The molecule has 2 aromatic rings. The number of nitrogens with zero attached hydrogens (tertiary/aromatic N) is 1. The fourth-order valence-electron chi connectivity index (χ4n) is 2.27. The zero-order chi connectivity index (χ0) is 16.3. The number of carboxylic acids is 1. The van der Waals surface area contributed by atoms with Gasteiger partial charge in [0.15, 0.2) is 11.5 Å². The Hall–Kier alpha value is -2.76. The molecule has 0 aliphatic carbocycles. The Morgan fingerprint density at radius 3 is 2.41 bits per heavy atom. The van der Waals surface area contributed by atoms with Crippen molar-refractivity contribution in [2.24, 2.45) is 7.05 Å². The van der Waals surface area contributed by atoms with E-state index in [1.165, 1.54) is 11.7 Å². The van der Waals surface area contributed by atoms with Crippen LogP contribution in [0.1, 0.15) is 5.56 Å². The van der Waals surface area contributed by atoms with Crippen molar-refractivity contribution in [2.75, 3.05) is 14.2 Å². The van der Waals surface area contributed by atoms with E-state index in [0.717, 1.165) is 5.56 Å². The molecule has 1 N–H and O–H groups in total. The number of pyridine rings is 1. The van der Waals surface area contributed by atoms with Gasteiger partial charge in [-0.15, -0.1) is 0 Å². The van der Waals surface area contributed by atoms with E-state index in [2.05, 4.69) is 0 Å². The third-order valence-electron chi connectivity index (χ3n) is 3.40. The minimum absolute atomic E-state index is 0.249. The summed E-state index contributed by atoms with van der Waals surface area (Å²) in [6.07, 6.45) is -0.293. The Morgan fingerprint density at radius 2 is 1.82 bits per heavy atom. The molecule has 0 atom stereocenters. The number of methoxy groups -OCH3 is 2. The Labute approximate surface area is 127 Å². The standard InChI is InChI=1S/C16H17NO5/c1-17-12(6-4-11(16(17)20)9-15(18)19)10-5-7-13(21-2)14(8-10)22-3/h4-8H,9H2,1-3H3,(H,18,19). The molecular weight excluding hydrogens is 286 g/mol. The Balaban J connectivity index is 2.52. The fraction of sp³-hybridized carbons (Fsp3) is 0.250. The topological polar surface area (TPSA) is 77.8 Å². The van der Waals surface area contributed by atoms with Gasteiger partial charge < -0.3 is 19.1 Å². The Morgan fingerprint density at radius 1 is 1.14 bits per heavy atom. The van der Waals surface area contributed by atoms with Crippen molar-refractivity contribution in [1.29, 1.82) is 0 Å². The minimum Gasteiger partial charge on any atom is -0.493 e. The van der Waals surface area contributed by atoms with E-state index in [1.807, 2.05) is 6.07 Å². The summed E-state index contributed by atoms with van der Waals surface area (Å²) in [4.78, 5) is 23.0. The molecular formula is C16H17NO5. The van der Waals surface area contributed by atoms with Gasteiger partial charge in [0, 0.05) is 18.2 Å². The number of hydrogen-bond donors (Lipinski definition) is 1. The summed E-state index contributed by atoms with van der Waals surface area (Å²) >= 11 is 0. The molecule has 0 unspecified atom stereocenters. The normalized spacial score (nSPS) is 10.3. The molecule has 0 aliphatic rings. The van der Waals surface area contributed by atoms with Crippen LogP contribution in [-0.4, -0.2) is 29.9 Å². The number of hydrogen-bond acceptors (Lipinski definition) is 4. The van der Waals surface area contributed by atoms with Gasteiger partial charge in [-0.3, -0.25) is 9.59 Å². The molecule has 0 radical (unpaired) electrons. The summed E-state index contributed by atoms with van der Waals surface area (Å²) in [7, 11) is 4.70. The van der Waals surface area contributed by atoms with Crippen molar-refractivity contribution < 1.29 is 19.4 Å². The SMILES string of the molecule is COc1ccc(-c2ccc(CC(=O)O)c(=O)n2C)cc1OC. The zero-order valence-corrected chi connectivity index (χ0v) is 12.6. The second-order valence-electron chi connectivity index (χ2n) is 4.75. The Bertz CT molecular complexity index is 764. The van der Waals surface area contributed by atoms with Crippen molar-refractivity contribution in [3.05, 3.63) is 46.2 Å². The summed E-state index contributed by atoms with van der Waals surface area (Å²) in [5.74, 6) is 0.122. The van der Waals surface area contributed by atoms with E-state index in [9.17, 15) is 9.59 Å². The van der Waals surface area contributed by atoms with Gasteiger partial charge in [-0.2, -0.15) is 0 Å². The van der Waals surface area contributed by atoms with Gasteiger partial charge in [0.1, 0.15) is 0 Å². The summed E-state index contributed by atoms with van der Waals surface area (Å²) < 4.78 is 11.9. The molecule has 1 aromatic carbocycles. The molecule has 1 aromatic heterocycles. The first-order valence-electron chi connectivity index (χ1n) is 6.61. The predicted molar refractivity (Wildman–Crippen MR) is 81.6 cm³/mol. The highest BCUT2D eigenvalue weighted by Gasteiger charge is 2.12. The first-order valence-corrected chi connectivity index (χ1v) is 6.61. The largest absolute Gasteiger partial charge is 0.493 e. The highest BCUT2D eigenvalue weighted by Crippen LogP contribution is 2.31. The lowest BCUT2D eigenvalue weighted by Gasteiger charge is -2.13. The maximum absolute atomic E-state index is 12.2. The van der Waals surface area contributed by atoms with E-state index in [1.54, 1.807) is 38.4 Å².